The molecule has 0 N–H and O–H groups in total. The van der Waals surface area contributed by atoms with Crippen LogP contribution in [-0.4, -0.2) is 18.2 Å². The van der Waals surface area contributed by atoms with E-state index in [0.717, 1.165) is 10.6 Å². The molecule has 0 bridgehead atoms. The summed E-state index contributed by atoms with van der Waals surface area (Å²) in [6.07, 6.45) is 0. The molecule has 0 radical (unpaired) electrons. The first kappa shape index (κ1) is 11.2. The van der Waals surface area contributed by atoms with Crippen molar-refractivity contribution in [2.45, 2.75) is 10.3 Å². The van der Waals surface area contributed by atoms with E-state index in [-0.39, 0.29) is 0 Å². The van der Waals surface area contributed by atoms with Crippen LogP contribution in [0.25, 0.3) is 0 Å². The molecule has 74 valence electrons. The molecule has 1 atom stereocenters. The second-order valence-corrected chi connectivity index (χ2v) is 4.15. The van der Waals surface area contributed by atoms with E-state index in [1.165, 1.54) is 11.8 Å². The van der Waals surface area contributed by atoms with Crippen molar-refractivity contribution in [1.82, 2.24) is 0 Å². The zero-order valence-electron chi connectivity index (χ0n) is 7.74. The Morgan fingerprint density at radius 3 is 2.93 bits per heavy atom. The Kier molecular flexibility index (Phi) is 4.64. The number of ether oxygens (including phenoxy) is 1. The monoisotopic (exact) mass is 227 g/mol. The quantitative estimate of drug-likeness (QED) is 0.586. The minimum absolute atomic E-state index is 0.454. The summed E-state index contributed by atoms with van der Waals surface area (Å²) < 4.78 is 5.16. The largest absolute Gasteiger partial charge is 0.496 e. The van der Waals surface area contributed by atoms with Crippen LogP contribution in [0.1, 0.15) is 0 Å². The van der Waals surface area contributed by atoms with Gasteiger partial charge in [-0.3, -0.25) is 0 Å². The van der Waals surface area contributed by atoms with Gasteiger partial charge in [-0.2, -0.15) is 5.26 Å². The lowest BCUT2D eigenvalue weighted by molar-refractivity contribution is 0.405. The molecule has 4 heteroatoms. The van der Waals surface area contributed by atoms with Gasteiger partial charge < -0.3 is 4.74 Å². The van der Waals surface area contributed by atoms with E-state index in [9.17, 15) is 0 Å². The zero-order chi connectivity index (χ0) is 10.4. The summed E-state index contributed by atoms with van der Waals surface area (Å²) >= 11 is 7.21. The zero-order valence-corrected chi connectivity index (χ0v) is 9.31. The van der Waals surface area contributed by atoms with Crippen LogP contribution in [0.3, 0.4) is 0 Å². The molecular formula is C10H10ClNOS. The molecule has 0 aliphatic carbocycles. The minimum Gasteiger partial charge on any atom is -0.496 e. The summed E-state index contributed by atoms with van der Waals surface area (Å²) in [5, 5.41) is 8.06. The smallest absolute Gasteiger partial charge is 0.132 e. The topological polar surface area (TPSA) is 33.0 Å². The van der Waals surface area contributed by atoms with Crippen LogP contribution >= 0.6 is 23.4 Å². The first-order valence-electron chi connectivity index (χ1n) is 4.07. The molecule has 0 spiro atoms. The lowest BCUT2D eigenvalue weighted by atomic mass is 10.3. The van der Waals surface area contributed by atoms with E-state index in [4.69, 9.17) is 21.6 Å². The number of hydrogen-bond acceptors (Lipinski definition) is 3. The maximum atomic E-state index is 8.51. The first-order valence-corrected chi connectivity index (χ1v) is 5.49. The standard InChI is InChI=1S/C10H10ClNOS/c1-13-9-4-2-3-5-10(9)14-7-8(11)6-12/h2-5,8H,7H2,1H3. The predicted octanol–water partition coefficient (Wildman–Crippen LogP) is 2.92. The van der Waals surface area contributed by atoms with Gasteiger partial charge in [-0.25, -0.2) is 0 Å². The van der Waals surface area contributed by atoms with Gasteiger partial charge in [0.05, 0.1) is 13.2 Å². The van der Waals surface area contributed by atoms with Crippen LogP contribution < -0.4 is 4.74 Å². The van der Waals surface area contributed by atoms with Crippen molar-refractivity contribution in [1.29, 1.82) is 5.26 Å². The van der Waals surface area contributed by atoms with Crippen LogP contribution in [0, 0.1) is 11.3 Å². The van der Waals surface area contributed by atoms with Crippen molar-refractivity contribution in [3.05, 3.63) is 24.3 Å². The van der Waals surface area contributed by atoms with Crippen LogP contribution in [0.5, 0.6) is 5.75 Å². The molecule has 0 aliphatic heterocycles. The molecule has 1 rings (SSSR count). The Hall–Kier alpha value is -0.850. The Balaban J connectivity index is 2.63. The van der Waals surface area contributed by atoms with Crippen molar-refractivity contribution in [2.75, 3.05) is 12.9 Å². The average Bonchev–Trinajstić information content (AvgIpc) is 2.26. The van der Waals surface area contributed by atoms with Gasteiger partial charge in [-0.1, -0.05) is 12.1 Å². The third kappa shape index (κ3) is 3.13. The second kappa shape index (κ2) is 5.79. The molecule has 0 saturated carbocycles. The predicted molar refractivity (Wildman–Crippen MR) is 59.0 cm³/mol. The van der Waals surface area contributed by atoms with Crippen molar-refractivity contribution in [2.24, 2.45) is 0 Å². The van der Waals surface area contributed by atoms with E-state index in [1.807, 2.05) is 30.3 Å². The molecular weight excluding hydrogens is 218 g/mol. The van der Waals surface area contributed by atoms with Crippen molar-refractivity contribution in [3.8, 4) is 11.8 Å². The van der Waals surface area contributed by atoms with E-state index in [0.29, 0.717) is 5.75 Å². The van der Waals surface area contributed by atoms with E-state index in [1.54, 1.807) is 7.11 Å². The number of benzene rings is 1. The Morgan fingerprint density at radius 2 is 2.29 bits per heavy atom. The van der Waals surface area contributed by atoms with Gasteiger partial charge in [0.2, 0.25) is 0 Å². The number of alkyl halides is 1. The number of halogens is 1. The molecule has 14 heavy (non-hydrogen) atoms. The SMILES string of the molecule is COc1ccccc1SCC(Cl)C#N. The molecule has 0 aromatic heterocycles. The highest BCUT2D eigenvalue weighted by Crippen LogP contribution is 2.29. The fourth-order valence-corrected chi connectivity index (χ4v) is 2.00. The van der Waals surface area contributed by atoms with Gasteiger partial charge in [0.25, 0.3) is 0 Å². The normalized spacial score (nSPS) is 11.8. The lowest BCUT2D eigenvalue weighted by Gasteiger charge is -2.07. The van der Waals surface area contributed by atoms with Gasteiger partial charge in [0.15, 0.2) is 0 Å². The number of para-hydroxylation sites is 1. The van der Waals surface area contributed by atoms with E-state index < -0.39 is 5.38 Å². The van der Waals surface area contributed by atoms with Gasteiger partial charge >= 0.3 is 0 Å². The molecule has 0 aliphatic rings. The molecule has 0 saturated heterocycles. The molecule has 0 heterocycles. The highest BCUT2D eigenvalue weighted by atomic mass is 35.5. The lowest BCUT2D eigenvalue weighted by Crippen LogP contribution is -1.97. The van der Waals surface area contributed by atoms with Crippen molar-refractivity contribution < 1.29 is 4.74 Å². The van der Waals surface area contributed by atoms with Crippen molar-refractivity contribution in [3.63, 3.8) is 0 Å². The maximum Gasteiger partial charge on any atom is 0.132 e. The van der Waals surface area contributed by atoms with Crippen LogP contribution in [-0.2, 0) is 0 Å². The Bertz CT molecular complexity index is 337. The third-order valence-electron chi connectivity index (χ3n) is 1.59. The summed E-state index contributed by atoms with van der Waals surface area (Å²) in [5.41, 5.74) is 0. The summed E-state index contributed by atoms with van der Waals surface area (Å²) in [6, 6.07) is 9.65. The molecule has 2 nitrogen and oxygen atoms in total. The van der Waals surface area contributed by atoms with Gasteiger partial charge in [0, 0.05) is 10.6 Å². The summed E-state index contributed by atoms with van der Waals surface area (Å²) in [7, 11) is 1.63. The number of nitrogens with zero attached hydrogens (tertiary/aromatic N) is 1. The van der Waals surface area contributed by atoms with Crippen LogP contribution in [0.4, 0.5) is 0 Å². The van der Waals surface area contributed by atoms with Crippen molar-refractivity contribution >= 4 is 23.4 Å². The first-order chi connectivity index (χ1) is 6.77. The van der Waals surface area contributed by atoms with Gasteiger partial charge in [-0.05, 0) is 12.1 Å². The van der Waals surface area contributed by atoms with Gasteiger partial charge in [0.1, 0.15) is 11.1 Å². The maximum absolute atomic E-state index is 8.51. The number of rotatable bonds is 4. The number of thioether (sulfide) groups is 1. The fraction of sp³-hybridized carbons (Fsp3) is 0.300. The summed E-state index contributed by atoms with van der Waals surface area (Å²) in [5.74, 6) is 1.39. The van der Waals surface area contributed by atoms with Gasteiger partial charge in [-0.15, -0.1) is 23.4 Å². The minimum atomic E-state index is -0.454. The van der Waals surface area contributed by atoms with E-state index >= 15 is 0 Å². The molecule has 0 fully saturated rings. The highest BCUT2D eigenvalue weighted by molar-refractivity contribution is 7.99. The molecule has 0 amide bonds. The third-order valence-corrected chi connectivity index (χ3v) is 3.18. The number of hydrogen-bond donors (Lipinski definition) is 0. The Labute approximate surface area is 92.8 Å². The Morgan fingerprint density at radius 1 is 1.57 bits per heavy atom. The summed E-state index contributed by atoms with van der Waals surface area (Å²) in [4.78, 5) is 1.01. The van der Waals surface area contributed by atoms with E-state index in [2.05, 4.69) is 0 Å². The fourth-order valence-electron chi connectivity index (χ4n) is 0.938. The molecule has 1 unspecified atom stereocenters. The number of methoxy groups -OCH3 is 1. The van der Waals surface area contributed by atoms with Crippen LogP contribution in [0.2, 0.25) is 0 Å². The molecule has 1 aromatic carbocycles. The second-order valence-electron chi connectivity index (χ2n) is 2.56. The summed E-state index contributed by atoms with van der Waals surface area (Å²) in [6.45, 7) is 0. The highest BCUT2D eigenvalue weighted by Gasteiger charge is 2.06. The van der Waals surface area contributed by atoms with Crippen LogP contribution in [0.15, 0.2) is 29.2 Å². The molecule has 1 aromatic rings. The average molecular weight is 228 g/mol. The number of nitriles is 1.